The minimum atomic E-state index is -3.60. The Hall–Kier alpha value is -2.38. The Labute approximate surface area is 166 Å². The van der Waals surface area contributed by atoms with Gasteiger partial charge in [-0.25, -0.2) is 8.42 Å². The second-order valence-corrected chi connectivity index (χ2v) is 9.04. The van der Waals surface area contributed by atoms with Crippen LogP contribution in [-0.4, -0.2) is 49.7 Å². The molecule has 0 radical (unpaired) electrons. The summed E-state index contributed by atoms with van der Waals surface area (Å²) >= 11 is 0. The maximum atomic E-state index is 13.3. The molecule has 2 aromatic rings. The lowest BCUT2D eigenvalue weighted by atomic mass is 10.0. The Bertz CT molecular complexity index is 973. The maximum absolute atomic E-state index is 13.3. The number of hydrogen-bond acceptors (Lipinski definition) is 4. The molecule has 28 heavy (non-hydrogen) atoms. The molecule has 3 rings (SSSR count). The van der Waals surface area contributed by atoms with Gasteiger partial charge in [-0.05, 0) is 68.2 Å². The summed E-state index contributed by atoms with van der Waals surface area (Å²) in [5, 5.41) is 0. The molecule has 150 valence electrons. The van der Waals surface area contributed by atoms with Crippen LogP contribution >= 0.6 is 0 Å². The van der Waals surface area contributed by atoms with Crippen LogP contribution in [0.15, 0.2) is 39.9 Å². The molecule has 0 N–H and O–H groups in total. The van der Waals surface area contributed by atoms with E-state index in [4.69, 9.17) is 4.42 Å². The van der Waals surface area contributed by atoms with Gasteiger partial charge in [0.25, 0.3) is 0 Å². The van der Waals surface area contributed by atoms with E-state index in [1.165, 1.54) is 10.4 Å². The molecule has 0 bridgehead atoms. The highest BCUT2D eigenvalue weighted by Crippen LogP contribution is 2.29. The van der Waals surface area contributed by atoms with Gasteiger partial charge in [-0.2, -0.15) is 4.31 Å². The Morgan fingerprint density at radius 3 is 2.18 bits per heavy atom. The lowest BCUT2D eigenvalue weighted by Gasteiger charge is -2.34. The van der Waals surface area contributed by atoms with Crippen molar-refractivity contribution in [2.75, 3.05) is 26.2 Å². The van der Waals surface area contributed by atoms with Crippen molar-refractivity contribution in [2.24, 2.45) is 0 Å². The zero-order valence-corrected chi connectivity index (χ0v) is 17.5. The number of furan rings is 1. The number of benzene rings is 1. The quantitative estimate of drug-likeness (QED) is 0.737. The molecular formula is C21H26N2O4S. The molecule has 1 fully saturated rings. The number of piperazine rings is 1. The molecule has 0 saturated carbocycles. The average molecular weight is 403 g/mol. The topological polar surface area (TPSA) is 70.8 Å². The van der Waals surface area contributed by atoms with E-state index in [1.54, 1.807) is 29.4 Å². The van der Waals surface area contributed by atoms with E-state index in [2.05, 4.69) is 0 Å². The number of amides is 1. The fourth-order valence-corrected chi connectivity index (χ4v) is 5.49. The van der Waals surface area contributed by atoms with Crippen LogP contribution in [0.4, 0.5) is 0 Å². The molecular weight excluding hydrogens is 376 g/mol. The van der Waals surface area contributed by atoms with Crippen molar-refractivity contribution in [3.63, 3.8) is 0 Å². The highest BCUT2D eigenvalue weighted by Gasteiger charge is 2.32. The van der Waals surface area contributed by atoms with Crippen LogP contribution in [0.5, 0.6) is 0 Å². The summed E-state index contributed by atoms with van der Waals surface area (Å²) in [4.78, 5) is 14.4. The van der Waals surface area contributed by atoms with Gasteiger partial charge in [0.1, 0.15) is 5.76 Å². The van der Waals surface area contributed by atoms with Crippen LogP contribution in [0.1, 0.15) is 28.0 Å². The minimum Gasteiger partial charge on any atom is -0.465 e. The molecule has 0 atom stereocenters. The molecule has 1 aliphatic rings. The van der Waals surface area contributed by atoms with Crippen molar-refractivity contribution in [3.05, 3.63) is 58.6 Å². The minimum absolute atomic E-state index is 0.146. The van der Waals surface area contributed by atoms with Crippen LogP contribution in [0.3, 0.4) is 0 Å². The Morgan fingerprint density at radius 2 is 1.64 bits per heavy atom. The third-order valence-electron chi connectivity index (χ3n) is 5.38. The Morgan fingerprint density at radius 1 is 1.04 bits per heavy atom. The first-order valence-corrected chi connectivity index (χ1v) is 10.7. The molecule has 0 unspecified atom stereocenters. The second-order valence-electron chi connectivity index (χ2n) is 7.17. The van der Waals surface area contributed by atoms with E-state index in [0.717, 1.165) is 22.3 Å². The first-order chi connectivity index (χ1) is 13.2. The maximum Gasteiger partial charge on any atom is 0.246 e. The summed E-state index contributed by atoms with van der Waals surface area (Å²) in [5.41, 5.74) is 3.53. The summed E-state index contributed by atoms with van der Waals surface area (Å²) < 4.78 is 33.2. The zero-order chi connectivity index (χ0) is 20.5. The van der Waals surface area contributed by atoms with Gasteiger partial charge in [0.2, 0.25) is 15.9 Å². The van der Waals surface area contributed by atoms with Crippen LogP contribution < -0.4 is 0 Å². The van der Waals surface area contributed by atoms with E-state index >= 15 is 0 Å². The van der Waals surface area contributed by atoms with Gasteiger partial charge >= 0.3 is 0 Å². The van der Waals surface area contributed by atoms with Gasteiger partial charge in [-0.15, -0.1) is 0 Å². The number of carbonyl (C=O) groups excluding carboxylic acids is 1. The lowest BCUT2D eigenvalue weighted by molar-refractivity contribution is -0.127. The van der Waals surface area contributed by atoms with E-state index in [9.17, 15) is 13.2 Å². The third-order valence-corrected chi connectivity index (χ3v) is 7.55. The first kappa shape index (κ1) is 20.4. The first-order valence-electron chi connectivity index (χ1n) is 9.30. The van der Waals surface area contributed by atoms with Crippen LogP contribution in [-0.2, 0) is 14.8 Å². The third kappa shape index (κ3) is 3.91. The molecule has 0 aliphatic carbocycles. The fraction of sp³-hybridized carbons (Fsp3) is 0.381. The molecule has 2 heterocycles. The highest BCUT2D eigenvalue weighted by molar-refractivity contribution is 7.89. The standard InChI is InChI=1S/C21H26N2O4S/c1-15-14-16(2)18(4)21(17(15)3)28(25,26)23-11-9-22(10-12-23)20(24)8-7-19-6-5-13-27-19/h5-8,13-14H,9-12H2,1-4H3/b8-7+. The van der Waals surface area contributed by atoms with Crippen molar-refractivity contribution in [2.45, 2.75) is 32.6 Å². The Kier molecular flexibility index (Phi) is 5.76. The van der Waals surface area contributed by atoms with E-state index < -0.39 is 10.0 Å². The number of aryl methyl sites for hydroxylation is 2. The molecule has 7 heteroatoms. The van der Waals surface area contributed by atoms with Gasteiger partial charge in [0.15, 0.2) is 0 Å². The molecule has 1 aliphatic heterocycles. The zero-order valence-electron chi connectivity index (χ0n) is 16.7. The predicted molar refractivity (Wildman–Crippen MR) is 108 cm³/mol. The summed E-state index contributed by atoms with van der Waals surface area (Å²) in [5.74, 6) is 0.461. The summed E-state index contributed by atoms with van der Waals surface area (Å²) in [6.07, 6.45) is 4.62. The highest BCUT2D eigenvalue weighted by atomic mass is 32.2. The predicted octanol–water partition coefficient (Wildman–Crippen LogP) is 3.06. The van der Waals surface area contributed by atoms with Gasteiger partial charge in [0.05, 0.1) is 11.2 Å². The number of nitrogens with zero attached hydrogens (tertiary/aromatic N) is 2. The SMILES string of the molecule is Cc1cc(C)c(C)c(S(=O)(=O)N2CCN(C(=O)/C=C/c3ccco3)CC2)c1C. The van der Waals surface area contributed by atoms with Crippen molar-refractivity contribution >= 4 is 22.0 Å². The van der Waals surface area contributed by atoms with Gasteiger partial charge < -0.3 is 9.32 Å². The van der Waals surface area contributed by atoms with E-state index in [-0.39, 0.29) is 19.0 Å². The molecule has 1 saturated heterocycles. The number of carbonyl (C=O) groups is 1. The van der Waals surface area contributed by atoms with Crippen LogP contribution in [0.25, 0.3) is 6.08 Å². The smallest absolute Gasteiger partial charge is 0.246 e. The molecule has 6 nitrogen and oxygen atoms in total. The van der Waals surface area contributed by atoms with Gasteiger partial charge in [-0.1, -0.05) is 6.07 Å². The van der Waals surface area contributed by atoms with Crippen molar-refractivity contribution < 1.29 is 17.6 Å². The van der Waals surface area contributed by atoms with Crippen molar-refractivity contribution in [1.29, 1.82) is 0 Å². The van der Waals surface area contributed by atoms with E-state index in [1.807, 2.05) is 33.8 Å². The van der Waals surface area contributed by atoms with Crippen LogP contribution in [0.2, 0.25) is 0 Å². The lowest BCUT2D eigenvalue weighted by Crippen LogP contribution is -2.50. The second kappa shape index (κ2) is 7.93. The normalized spacial score (nSPS) is 16.1. The number of hydrogen-bond donors (Lipinski definition) is 0. The van der Waals surface area contributed by atoms with Gasteiger partial charge in [-0.3, -0.25) is 4.79 Å². The molecule has 1 aromatic carbocycles. The molecule has 1 aromatic heterocycles. The average Bonchev–Trinajstić information content (AvgIpc) is 3.18. The summed E-state index contributed by atoms with van der Waals surface area (Å²) in [6, 6.07) is 5.54. The van der Waals surface area contributed by atoms with E-state index in [0.29, 0.717) is 23.7 Å². The van der Waals surface area contributed by atoms with Crippen molar-refractivity contribution in [3.8, 4) is 0 Å². The molecule has 0 spiro atoms. The largest absolute Gasteiger partial charge is 0.465 e. The summed E-state index contributed by atoms with van der Waals surface area (Å²) in [6.45, 7) is 8.88. The molecule has 1 amide bonds. The monoisotopic (exact) mass is 402 g/mol. The number of sulfonamides is 1. The summed E-state index contributed by atoms with van der Waals surface area (Å²) in [7, 11) is -3.60. The van der Waals surface area contributed by atoms with Crippen LogP contribution in [0, 0.1) is 27.7 Å². The number of rotatable bonds is 4. The van der Waals surface area contributed by atoms with Gasteiger partial charge in [0, 0.05) is 32.3 Å². The fourth-order valence-electron chi connectivity index (χ4n) is 3.49. The van der Waals surface area contributed by atoms with Crippen molar-refractivity contribution in [1.82, 2.24) is 9.21 Å². The Balaban J connectivity index is 1.73.